The fourth-order valence-corrected chi connectivity index (χ4v) is 4.94. The third-order valence-electron chi connectivity index (χ3n) is 5.32. The Morgan fingerprint density at radius 1 is 1.08 bits per heavy atom. The van der Waals surface area contributed by atoms with E-state index in [1.54, 1.807) is 42.6 Å². The molecule has 0 aliphatic rings. The summed E-state index contributed by atoms with van der Waals surface area (Å²) in [5.41, 5.74) is 2.93. The molecule has 0 saturated carbocycles. The van der Waals surface area contributed by atoms with Crippen molar-refractivity contribution in [2.45, 2.75) is 11.4 Å². The highest BCUT2D eigenvalue weighted by atomic mass is 79.9. The van der Waals surface area contributed by atoms with Crippen LogP contribution in [0.5, 0.6) is 0 Å². The van der Waals surface area contributed by atoms with E-state index >= 15 is 0 Å². The number of oxazole rings is 1. The summed E-state index contributed by atoms with van der Waals surface area (Å²) in [6.45, 7) is 0.340. The van der Waals surface area contributed by atoms with E-state index in [0.29, 0.717) is 39.2 Å². The van der Waals surface area contributed by atoms with E-state index in [4.69, 9.17) is 32.7 Å². The highest BCUT2D eigenvalue weighted by Crippen LogP contribution is 2.35. The zero-order valence-corrected chi connectivity index (χ0v) is 23.1. The van der Waals surface area contributed by atoms with E-state index in [0.717, 1.165) is 22.4 Å². The number of aliphatic carboxylic acids is 1. The molecule has 37 heavy (non-hydrogen) atoms. The van der Waals surface area contributed by atoms with Crippen molar-refractivity contribution < 1.29 is 22.7 Å². The van der Waals surface area contributed by atoms with Crippen molar-refractivity contribution in [1.29, 1.82) is 0 Å². The molecule has 3 aromatic carbocycles. The first-order chi connectivity index (χ1) is 17.5. The van der Waals surface area contributed by atoms with Crippen molar-refractivity contribution >= 4 is 72.7 Å². The van der Waals surface area contributed by atoms with E-state index in [1.165, 1.54) is 18.2 Å². The second kappa shape index (κ2) is 11.1. The number of anilines is 2. The minimum Gasteiger partial charge on any atom is -0.478 e. The number of carbonyl (C=O) groups is 1. The number of aromatic nitrogens is 1. The largest absolute Gasteiger partial charge is 0.478 e. The molecule has 0 aliphatic carbocycles. The van der Waals surface area contributed by atoms with Gasteiger partial charge in [-0.25, -0.2) is 18.2 Å². The van der Waals surface area contributed by atoms with Crippen LogP contribution >= 0.6 is 39.1 Å². The van der Waals surface area contributed by atoms with Crippen LogP contribution in [0.25, 0.3) is 17.4 Å². The van der Waals surface area contributed by atoms with Gasteiger partial charge in [-0.3, -0.25) is 4.90 Å². The van der Waals surface area contributed by atoms with Crippen molar-refractivity contribution in [2.24, 2.45) is 0 Å². The van der Waals surface area contributed by atoms with Crippen LogP contribution in [0.4, 0.5) is 11.7 Å². The average Bonchev–Trinajstić information content (AvgIpc) is 3.33. The minimum atomic E-state index is -3.32. The Kier molecular flexibility index (Phi) is 8.08. The van der Waals surface area contributed by atoms with Gasteiger partial charge in [0.25, 0.3) is 0 Å². The highest BCUT2D eigenvalue weighted by molar-refractivity contribution is 9.10. The smallest absolute Gasteiger partial charge is 0.328 e. The van der Waals surface area contributed by atoms with Gasteiger partial charge in [0.15, 0.2) is 15.6 Å². The first-order valence-electron chi connectivity index (χ1n) is 10.7. The Morgan fingerprint density at radius 3 is 2.43 bits per heavy atom. The van der Waals surface area contributed by atoms with E-state index in [2.05, 4.69) is 20.9 Å². The third-order valence-corrected chi connectivity index (χ3v) is 7.87. The normalized spacial score (nSPS) is 11.7. The lowest BCUT2D eigenvalue weighted by molar-refractivity contribution is -0.131. The lowest BCUT2D eigenvalue weighted by Crippen LogP contribution is -2.17. The van der Waals surface area contributed by atoms with Crippen LogP contribution in [0.2, 0.25) is 10.0 Å². The predicted molar refractivity (Wildman–Crippen MR) is 148 cm³/mol. The Labute approximate surface area is 232 Å². The van der Waals surface area contributed by atoms with Gasteiger partial charge < -0.3 is 9.52 Å². The average molecular weight is 622 g/mol. The van der Waals surface area contributed by atoms with Gasteiger partial charge in [0.1, 0.15) is 0 Å². The quantitative estimate of drug-likeness (QED) is 0.207. The molecule has 1 aromatic heterocycles. The number of hydrogen-bond donors (Lipinski definition) is 1. The molecule has 0 radical (unpaired) electrons. The summed E-state index contributed by atoms with van der Waals surface area (Å²) < 4.78 is 30.3. The zero-order valence-electron chi connectivity index (χ0n) is 19.2. The van der Waals surface area contributed by atoms with E-state index in [1.807, 2.05) is 17.0 Å². The molecule has 1 heterocycles. The molecule has 0 bridgehead atoms. The summed E-state index contributed by atoms with van der Waals surface area (Å²) in [5.74, 6) is -0.581. The third kappa shape index (κ3) is 6.61. The van der Waals surface area contributed by atoms with Gasteiger partial charge in [0, 0.05) is 28.1 Å². The van der Waals surface area contributed by atoms with Gasteiger partial charge in [0.05, 0.1) is 27.7 Å². The van der Waals surface area contributed by atoms with Crippen molar-refractivity contribution in [3.05, 3.63) is 98.6 Å². The first kappa shape index (κ1) is 26.9. The molecule has 0 atom stereocenters. The van der Waals surface area contributed by atoms with Crippen LogP contribution < -0.4 is 4.90 Å². The molecule has 0 aliphatic heterocycles. The summed E-state index contributed by atoms with van der Waals surface area (Å²) in [5, 5.41) is 9.66. The second-order valence-electron chi connectivity index (χ2n) is 8.02. The molecule has 4 rings (SSSR count). The van der Waals surface area contributed by atoms with Crippen molar-refractivity contribution in [3.63, 3.8) is 0 Å². The second-order valence-corrected chi connectivity index (χ2v) is 11.7. The molecule has 0 unspecified atom stereocenters. The standard InChI is InChI=1S/C26H19BrCl2N2O5S/c1-37(34,35)20-8-4-18(5-9-20)24-14-30-26(36-24)31(19-7-10-22(28)23(29)13-19)15-16-2-3-17(21(27)12-16)6-11-25(32)33/h2-14H,15H2,1H3,(H,32,33)/b11-6+. The van der Waals surface area contributed by atoms with Gasteiger partial charge in [0.2, 0.25) is 0 Å². The number of sulfone groups is 1. The Bertz CT molecular complexity index is 1600. The van der Waals surface area contributed by atoms with E-state index < -0.39 is 15.8 Å². The van der Waals surface area contributed by atoms with Crippen LogP contribution in [-0.2, 0) is 21.2 Å². The molecule has 0 saturated heterocycles. The lowest BCUT2D eigenvalue weighted by Gasteiger charge is -2.22. The Hall–Kier alpha value is -3.11. The molecule has 190 valence electrons. The van der Waals surface area contributed by atoms with Gasteiger partial charge in [-0.05, 0) is 65.7 Å². The number of halogens is 3. The van der Waals surface area contributed by atoms with Crippen molar-refractivity contribution in [3.8, 4) is 11.3 Å². The molecule has 7 nitrogen and oxygen atoms in total. The number of hydrogen-bond acceptors (Lipinski definition) is 6. The summed E-state index contributed by atoms with van der Waals surface area (Å²) in [6, 6.07) is 17.3. The van der Waals surface area contributed by atoms with Crippen LogP contribution in [0.3, 0.4) is 0 Å². The highest BCUT2D eigenvalue weighted by Gasteiger charge is 2.19. The fraction of sp³-hybridized carbons (Fsp3) is 0.0769. The molecule has 11 heteroatoms. The van der Waals surface area contributed by atoms with E-state index in [-0.39, 0.29) is 10.9 Å². The number of carboxylic acids is 1. The summed E-state index contributed by atoms with van der Waals surface area (Å²) in [7, 11) is -3.32. The Morgan fingerprint density at radius 2 is 1.81 bits per heavy atom. The molecule has 4 aromatic rings. The topological polar surface area (TPSA) is 101 Å². The molecule has 0 spiro atoms. The fourth-order valence-electron chi connectivity index (χ4n) is 3.46. The maximum absolute atomic E-state index is 11.8. The van der Waals surface area contributed by atoms with Crippen molar-refractivity contribution in [2.75, 3.05) is 11.2 Å². The monoisotopic (exact) mass is 620 g/mol. The summed E-state index contributed by atoms with van der Waals surface area (Å²) in [4.78, 5) is 17.3. The number of rotatable bonds is 8. The number of benzene rings is 3. The van der Waals surface area contributed by atoms with Crippen molar-refractivity contribution in [1.82, 2.24) is 4.98 Å². The summed E-state index contributed by atoms with van der Waals surface area (Å²) in [6.07, 6.45) is 5.28. The van der Waals surface area contributed by atoms with Gasteiger partial charge >= 0.3 is 12.0 Å². The van der Waals surface area contributed by atoms with Crippen LogP contribution in [0.1, 0.15) is 11.1 Å². The molecule has 0 amide bonds. The zero-order chi connectivity index (χ0) is 26.7. The van der Waals surface area contributed by atoms with E-state index in [9.17, 15) is 13.2 Å². The predicted octanol–water partition coefficient (Wildman–Crippen LogP) is 7.25. The lowest BCUT2D eigenvalue weighted by atomic mass is 10.1. The molecule has 1 N–H and O–H groups in total. The molecule has 0 fully saturated rings. The summed E-state index contributed by atoms with van der Waals surface area (Å²) >= 11 is 15.9. The van der Waals surface area contributed by atoms with Crippen LogP contribution in [0, 0.1) is 0 Å². The van der Waals surface area contributed by atoms with Gasteiger partial charge in [-0.2, -0.15) is 0 Å². The first-order valence-corrected chi connectivity index (χ1v) is 14.1. The van der Waals surface area contributed by atoms with Gasteiger partial charge in [-0.1, -0.05) is 51.3 Å². The Balaban J connectivity index is 1.69. The number of carboxylic acid groups (broad SMARTS) is 1. The van der Waals surface area contributed by atoms with Crippen LogP contribution in [-0.4, -0.2) is 30.7 Å². The number of nitrogens with zero attached hydrogens (tertiary/aromatic N) is 2. The van der Waals surface area contributed by atoms with Gasteiger partial charge in [-0.15, -0.1) is 0 Å². The molecular formula is C26H19BrCl2N2O5S. The molecular weight excluding hydrogens is 603 g/mol. The maximum Gasteiger partial charge on any atom is 0.328 e. The SMILES string of the molecule is CS(=O)(=O)c1ccc(-c2cnc(N(Cc3ccc(/C=C/C(=O)O)c(Br)c3)c3ccc(Cl)c(Cl)c3)o2)cc1. The maximum atomic E-state index is 11.8. The minimum absolute atomic E-state index is 0.209. The van der Waals surface area contributed by atoms with Crippen LogP contribution in [0.15, 0.2) is 86.7 Å².